The monoisotopic (exact) mass is 499 g/mol. The maximum absolute atomic E-state index is 13.7. The number of benzene rings is 1. The Labute approximate surface area is 195 Å². The quantitative estimate of drug-likeness (QED) is 0.372. The third-order valence-corrected chi connectivity index (χ3v) is 5.88. The van der Waals surface area contributed by atoms with Gasteiger partial charge in [-0.1, -0.05) is 12.2 Å². The van der Waals surface area contributed by atoms with Crippen LogP contribution < -0.4 is 10.1 Å². The lowest BCUT2D eigenvalue weighted by molar-refractivity contribution is -0.136. The molecule has 34 heavy (non-hydrogen) atoms. The molecule has 1 N–H and O–H groups in total. The van der Waals surface area contributed by atoms with Gasteiger partial charge in [0.25, 0.3) is 11.9 Å². The number of nitrogens with one attached hydrogen (secondary N) is 1. The van der Waals surface area contributed by atoms with E-state index < -0.39 is 35.3 Å². The Hall–Kier alpha value is -3.28. The van der Waals surface area contributed by atoms with E-state index in [0.29, 0.717) is 10.6 Å². The predicted octanol–water partition coefficient (Wildman–Crippen LogP) is 5.64. The summed E-state index contributed by atoms with van der Waals surface area (Å²) in [6.07, 6.45) is -4.82. The number of rotatable bonds is 3. The Morgan fingerprint density at radius 2 is 1.91 bits per heavy atom. The summed E-state index contributed by atoms with van der Waals surface area (Å²) in [5.74, 6) is -3.10. The number of furan rings is 1. The molecule has 0 aliphatic carbocycles. The Bertz CT molecular complexity index is 1230. The van der Waals surface area contributed by atoms with Crippen molar-refractivity contribution in [3.05, 3.63) is 47.7 Å². The average Bonchev–Trinajstić information content (AvgIpc) is 3.19. The number of likely N-dealkylation sites (tertiary alicyclic amines) is 1. The van der Waals surface area contributed by atoms with Gasteiger partial charge in [-0.25, -0.2) is 13.6 Å². The third-order valence-electron chi connectivity index (χ3n) is 5.38. The maximum atomic E-state index is 13.7. The number of hydrogen-bond acceptors (Lipinski definition) is 5. The molecule has 0 unspecified atom stereocenters. The molecule has 6 nitrogen and oxygen atoms in total. The van der Waals surface area contributed by atoms with Crippen LogP contribution in [-0.2, 0) is 6.18 Å². The number of amides is 1. The van der Waals surface area contributed by atoms with Crippen LogP contribution in [-0.4, -0.2) is 47.0 Å². The van der Waals surface area contributed by atoms with E-state index in [2.05, 4.69) is 10.3 Å². The molecule has 0 saturated carbocycles. The standard InChI is InChI=1S/C22H18F5N3O3S/c1-28-20(31)33-17-10-14-8-13(9-15(18(14)32-17)22(25,26)27)16-3-2-12(11-29-16)19(34)30-6-4-21(23,24)5-7-30/h2-3,8-11H,4-7H2,1H3,(H,28,31). The van der Waals surface area contributed by atoms with Crippen molar-refractivity contribution in [3.8, 4) is 17.2 Å². The second-order valence-corrected chi connectivity index (χ2v) is 8.11. The van der Waals surface area contributed by atoms with Crippen molar-refractivity contribution in [2.45, 2.75) is 24.9 Å². The second kappa shape index (κ2) is 8.82. The number of carbonyl (C=O) groups is 1. The first kappa shape index (κ1) is 23.9. The molecular formula is C22H18F5N3O3S. The molecule has 0 spiro atoms. The predicted molar refractivity (Wildman–Crippen MR) is 117 cm³/mol. The van der Waals surface area contributed by atoms with Gasteiger partial charge in [-0.3, -0.25) is 4.98 Å². The summed E-state index contributed by atoms with van der Waals surface area (Å²) >= 11 is 5.39. The van der Waals surface area contributed by atoms with Crippen molar-refractivity contribution in [2.75, 3.05) is 20.1 Å². The van der Waals surface area contributed by atoms with E-state index in [1.54, 1.807) is 11.0 Å². The van der Waals surface area contributed by atoms with E-state index >= 15 is 0 Å². The number of ether oxygens (including phenoxy) is 1. The van der Waals surface area contributed by atoms with Gasteiger partial charge in [0.2, 0.25) is 0 Å². The lowest BCUT2D eigenvalue weighted by Gasteiger charge is -2.33. The van der Waals surface area contributed by atoms with E-state index in [9.17, 15) is 26.7 Å². The van der Waals surface area contributed by atoms with Gasteiger partial charge in [-0.15, -0.1) is 0 Å². The zero-order valence-corrected chi connectivity index (χ0v) is 18.5. The van der Waals surface area contributed by atoms with E-state index in [4.69, 9.17) is 21.4 Å². The number of pyridine rings is 1. The number of nitrogens with zero attached hydrogens (tertiary/aromatic N) is 2. The first-order chi connectivity index (χ1) is 16.0. The number of piperidine rings is 1. The highest BCUT2D eigenvalue weighted by Crippen LogP contribution is 2.40. The third kappa shape index (κ3) is 4.96. The molecule has 1 fully saturated rings. The summed E-state index contributed by atoms with van der Waals surface area (Å²) in [7, 11) is 1.30. The highest BCUT2D eigenvalue weighted by molar-refractivity contribution is 7.80. The summed E-state index contributed by atoms with van der Waals surface area (Å²) in [6.45, 7) is 0.223. The van der Waals surface area contributed by atoms with Crippen molar-refractivity contribution >= 4 is 34.3 Å². The van der Waals surface area contributed by atoms with Gasteiger partial charge in [0, 0.05) is 61.8 Å². The number of thiocarbonyl (C=S) groups is 1. The number of halogens is 5. The summed E-state index contributed by atoms with van der Waals surface area (Å²) < 4.78 is 77.8. The Balaban J connectivity index is 1.64. The van der Waals surface area contributed by atoms with E-state index in [1.807, 2.05) is 0 Å². The lowest BCUT2D eigenvalue weighted by Crippen LogP contribution is -2.42. The highest BCUT2D eigenvalue weighted by atomic mass is 32.1. The maximum Gasteiger partial charge on any atom is 0.420 e. The fourth-order valence-corrected chi connectivity index (χ4v) is 3.89. The summed E-state index contributed by atoms with van der Waals surface area (Å²) in [5.41, 5.74) is -0.635. The van der Waals surface area contributed by atoms with Gasteiger partial charge < -0.3 is 19.4 Å². The Morgan fingerprint density at radius 1 is 1.21 bits per heavy atom. The zero-order chi connectivity index (χ0) is 24.7. The highest BCUT2D eigenvalue weighted by Gasteiger charge is 2.36. The molecule has 0 atom stereocenters. The number of hydrogen-bond donors (Lipinski definition) is 1. The largest absolute Gasteiger partial charge is 0.425 e. The van der Waals surface area contributed by atoms with Crippen LogP contribution in [0.1, 0.15) is 24.0 Å². The summed E-state index contributed by atoms with van der Waals surface area (Å²) in [6, 6.07) is 6.59. The van der Waals surface area contributed by atoms with E-state index in [1.165, 1.54) is 31.4 Å². The van der Waals surface area contributed by atoms with Crippen LogP contribution >= 0.6 is 12.2 Å². The Kier molecular flexibility index (Phi) is 6.19. The number of carbonyl (C=O) groups excluding carboxylic acids is 1. The van der Waals surface area contributed by atoms with Crippen LogP contribution in [0.4, 0.5) is 26.7 Å². The normalized spacial score (nSPS) is 15.9. The first-order valence-corrected chi connectivity index (χ1v) is 10.6. The van der Waals surface area contributed by atoms with E-state index in [0.717, 1.165) is 6.07 Å². The van der Waals surface area contributed by atoms with Crippen LogP contribution in [0, 0.1) is 0 Å². The molecule has 1 aliphatic heterocycles. The molecule has 3 heterocycles. The number of aromatic nitrogens is 1. The molecule has 1 saturated heterocycles. The molecule has 3 aromatic rings. The van der Waals surface area contributed by atoms with Gasteiger partial charge in [0.05, 0.1) is 11.3 Å². The smallest absolute Gasteiger partial charge is 0.420 e. The van der Waals surface area contributed by atoms with Crippen molar-refractivity contribution < 1.29 is 35.9 Å². The van der Waals surface area contributed by atoms with Crippen LogP contribution in [0.25, 0.3) is 22.2 Å². The van der Waals surface area contributed by atoms with Crippen molar-refractivity contribution in [2.24, 2.45) is 0 Å². The van der Waals surface area contributed by atoms with Crippen LogP contribution in [0.15, 0.2) is 40.9 Å². The van der Waals surface area contributed by atoms with Crippen LogP contribution in [0.2, 0.25) is 0 Å². The number of fused-ring (bicyclic) bond motifs is 1. The molecule has 1 aromatic carbocycles. The molecule has 1 amide bonds. The molecule has 0 radical (unpaired) electrons. The molecule has 4 rings (SSSR count). The molecule has 12 heteroatoms. The second-order valence-electron chi connectivity index (χ2n) is 7.73. The van der Waals surface area contributed by atoms with Crippen LogP contribution in [0.3, 0.4) is 0 Å². The summed E-state index contributed by atoms with van der Waals surface area (Å²) in [5, 5.41) is 2.25. The van der Waals surface area contributed by atoms with Gasteiger partial charge in [0.15, 0.2) is 5.58 Å². The molecule has 2 aromatic heterocycles. The average molecular weight is 499 g/mol. The van der Waals surface area contributed by atoms with Gasteiger partial charge in [0.1, 0.15) is 4.99 Å². The summed E-state index contributed by atoms with van der Waals surface area (Å²) in [4.78, 5) is 17.6. The van der Waals surface area contributed by atoms with Gasteiger partial charge in [-0.2, -0.15) is 13.2 Å². The van der Waals surface area contributed by atoms with Crippen molar-refractivity contribution in [3.63, 3.8) is 0 Å². The SMILES string of the molecule is CNC(=O)Oc1cc2cc(-c3ccc(C(=S)N4CCC(F)(F)CC4)cn3)cc(C(F)(F)F)c2o1. The minimum Gasteiger partial charge on any atom is -0.425 e. The molecule has 180 valence electrons. The first-order valence-electron chi connectivity index (χ1n) is 10.1. The van der Waals surface area contributed by atoms with Crippen LogP contribution in [0.5, 0.6) is 5.95 Å². The lowest BCUT2D eigenvalue weighted by atomic mass is 10.0. The molecule has 1 aliphatic rings. The number of alkyl halides is 5. The molecular weight excluding hydrogens is 481 g/mol. The van der Waals surface area contributed by atoms with Gasteiger partial charge >= 0.3 is 12.3 Å². The Morgan fingerprint density at radius 3 is 2.50 bits per heavy atom. The fraction of sp³-hybridized carbons (Fsp3) is 0.318. The van der Waals surface area contributed by atoms with Crippen molar-refractivity contribution in [1.82, 2.24) is 15.2 Å². The van der Waals surface area contributed by atoms with E-state index in [-0.39, 0.29) is 42.6 Å². The van der Waals surface area contributed by atoms with Gasteiger partial charge in [-0.05, 0) is 24.3 Å². The molecule has 0 bridgehead atoms. The minimum absolute atomic E-state index is 0.0689. The zero-order valence-electron chi connectivity index (χ0n) is 17.7. The fourth-order valence-electron chi connectivity index (χ4n) is 3.59. The topological polar surface area (TPSA) is 67.6 Å². The van der Waals surface area contributed by atoms with Crippen molar-refractivity contribution in [1.29, 1.82) is 0 Å². The minimum atomic E-state index is -4.74.